The van der Waals surface area contributed by atoms with E-state index in [0.717, 1.165) is 69.7 Å². The molecule has 6 rings (SSSR count). The molecule has 4 bridgehead atoms. The van der Waals surface area contributed by atoms with Crippen LogP contribution in [0.4, 0.5) is 5.69 Å². The first-order valence-corrected chi connectivity index (χ1v) is 11.4. The van der Waals surface area contributed by atoms with Gasteiger partial charge in [0.25, 0.3) is 0 Å². The minimum atomic E-state index is -0.480. The van der Waals surface area contributed by atoms with E-state index in [1.54, 1.807) is 0 Å². The predicted molar refractivity (Wildman–Crippen MR) is 113 cm³/mol. The topological polar surface area (TPSA) is 53.0 Å². The highest BCUT2D eigenvalue weighted by atomic mass is 16.5. The maximum absolute atomic E-state index is 13.2. The minimum Gasteiger partial charge on any atom is -0.492 e. The number of para-hydroxylation sites is 2. The van der Waals surface area contributed by atoms with Gasteiger partial charge in [0.15, 0.2) is 0 Å². The van der Waals surface area contributed by atoms with E-state index in [-0.39, 0.29) is 5.41 Å². The van der Waals surface area contributed by atoms with Crippen molar-refractivity contribution < 1.29 is 14.6 Å². The van der Waals surface area contributed by atoms with Gasteiger partial charge in [-0.25, -0.2) is 0 Å². The van der Waals surface area contributed by atoms with Crippen LogP contribution in [-0.4, -0.2) is 54.3 Å². The number of piperazine rings is 1. The lowest BCUT2D eigenvalue weighted by atomic mass is 9.47. The molecule has 1 saturated heterocycles. The smallest absolute Gasteiger partial charge is 0.223 e. The third kappa shape index (κ3) is 3.63. The van der Waals surface area contributed by atoms with Gasteiger partial charge in [-0.15, -0.1) is 0 Å². The van der Waals surface area contributed by atoms with E-state index in [1.165, 1.54) is 6.42 Å². The first-order chi connectivity index (χ1) is 14.0. The van der Waals surface area contributed by atoms with Crippen LogP contribution < -0.4 is 9.64 Å². The third-order valence-electron chi connectivity index (χ3n) is 7.82. The van der Waals surface area contributed by atoms with Crippen molar-refractivity contribution >= 4 is 11.6 Å². The van der Waals surface area contributed by atoms with E-state index >= 15 is 0 Å². The fourth-order valence-corrected chi connectivity index (χ4v) is 7.23. The molecule has 5 aliphatic rings. The molecule has 0 spiro atoms. The Labute approximate surface area is 174 Å². The number of hydrogen-bond donors (Lipinski definition) is 1. The van der Waals surface area contributed by atoms with Crippen LogP contribution >= 0.6 is 0 Å². The van der Waals surface area contributed by atoms with Crippen LogP contribution in [0.25, 0.3) is 0 Å². The van der Waals surface area contributed by atoms with Gasteiger partial charge < -0.3 is 19.6 Å². The molecule has 1 N–H and O–H groups in total. The van der Waals surface area contributed by atoms with Crippen LogP contribution in [0, 0.1) is 17.3 Å². The van der Waals surface area contributed by atoms with Crippen LogP contribution in [0.3, 0.4) is 0 Å². The molecule has 1 amide bonds. The maximum Gasteiger partial charge on any atom is 0.223 e. The van der Waals surface area contributed by atoms with E-state index in [0.29, 0.717) is 30.8 Å². The summed E-state index contributed by atoms with van der Waals surface area (Å²) >= 11 is 0. The summed E-state index contributed by atoms with van der Waals surface area (Å²) in [6.07, 6.45) is 7.00. The summed E-state index contributed by atoms with van der Waals surface area (Å²) in [6, 6.07) is 8.19. The lowest BCUT2D eigenvalue weighted by Gasteiger charge is -2.60. The molecule has 1 aromatic rings. The molecule has 1 heterocycles. The molecule has 5 nitrogen and oxygen atoms in total. The van der Waals surface area contributed by atoms with Gasteiger partial charge in [-0.05, 0) is 74.8 Å². The zero-order chi connectivity index (χ0) is 20.1. The zero-order valence-electron chi connectivity index (χ0n) is 17.6. The van der Waals surface area contributed by atoms with Crippen molar-refractivity contribution in [1.82, 2.24) is 4.90 Å². The molecular formula is C24H34N2O3. The van der Waals surface area contributed by atoms with Crippen molar-refractivity contribution in [2.75, 3.05) is 37.7 Å². The Bertz CT molecular complexity index is 757. The fraction of sp³-hybridized carbons (Fsp3) is 0.708. The Kier molecular flexibility index (Phi) is 4.77. The summed E-state index contributed by atoms with van der Waals surface area (Å²) in [5.41, 5.74) is 0.713. The number of ether oxygens (including phenoxy) is 1. The van der Waals surface area contributed by atoms with E-state index in [2.05, 4.69) is 15.9 Å². The largest absolute Gasteiger partial charge is 0.492 e. The van der Waals surface area contributed by atoms with E-state index in [4.69, 9.17) is 4.74 Å². The van der Waals surface area contributed by atoms with Crippen LogP contribution in [0.5, 0.6) is 5.75 Å². The predicted octanol–water partition coefficient (Wildman–Crippen LogP) is 3.46. The molecule has 5 heteroatoms. The van der Waals surface area contributed by atoms with Gasteiger partial charge in [0.2, 0.25) is 5.91 Å². The fourth-order valence-electron chi connectivity index (χ4n) is 7.23. The zero-order valence-corrected chi connectivity index (χ0v) is 17.6. The van der Waals surface area contributed by atoms with Crippen molar-refractivity contribution in [2.45, 2.75) is 57.5 Å². The third-order valence-corrected chi connectivity index (χ3v) is 7.82. The summed E-state index contributed by atoms with van der Waals surface area (Å²) in [5.74, 6) is 2.51. The first-order valence-electron chi connectivity index (χ1n) is 11.4. The van der Waals surface area contributed by atoms with Crippen LogP contribution in [0.2, 0.25) is 0 Å². The standard InChI is InChI=1S/C24H34N2O3/c1-2-29-21-6-4-3-5-20(21)25-7-9-26(10-8-25)22(27)16-23-12-18-11-19(13-23)15-24(28,14-18)17-23/h3-6,18-19,28H,2,7-17H2,1H3/t18-,19+,23?,24?. The molecule has 0 radical (unpaired) electrons. The Morgan fingerprint density at radius 2 is 1.79 bits per heavy atom. The van der Waals surface area contributed by atoms with Crippen molar-refractivity contribution in [1.29, 1.82) is 0 Å². The maximum atomic E-state index is 13.2. The normalized spacial score (nSPS) is 35.8. The molecule has 5 fully saturated rings. The second-order valence-electron chi connectivity index (χ2n) is 10.1. The summed E-state index contributed by atoms with van der Waals surface area (Å²) in [6.45, 7) is 5.90. The summed E-state index contributed by atoms with van der Waals surface area (Å²) < 4.78 is 5.79. The van der Waals surface area contributed by atoms with Crippen LogP contribution in [-0.2, 0) is 4.79 Å². The van der Waals surface area contributed by atoms with Crippen LogP contribution in [0.1, 0.15) is 51.9 Å². The highest BCUT2D eigenvalue weighted by Crippen LogP contribution is 2.62. The summed E-state index contributed by atoms with van der Waals surface area (Å²) in [7, 11) is 0. The SMILES string of the molecule is CCOc1ccccc1N1CCN(C(=O)CC23C[C@@H]4C[C@@H](CC(O)(C4)C2)C3)CC1. The number of aliphatic hydroxyl groups is 1. The summed E-state index contributed by atoms with van der Waals surface area (Å²) in [4.78, 5) is 17.6. The van der Waals surface area contributed by atoms with Crippen molar-refractivity contribution in [3.8, 4) is 5.75 Å². The van der Waals surface area contributed by atoms with E-state index in [1.807, 2.05) is 25.1 Å². The molecule has 29 heavy (non-hydrogen) atoms. The lowest BCUT2D eigenvalue weighted by Crippen LogP contribution is -2.57. The van der Waals surface area contributed by atoms with Crippen molar-refractivity contribution in [2.24, 2.45) is 17.3 Å². The number of rotatable bonds is 5. The highest BCUT2D eigenvalue weighted by molar-refractivity contribution is 5.77. The number of carbonyl (C=O) groups is 1. The van der Waals surface area contributed by atoms with Gasteiger partial charge in [0.1, 0.15) is 5.75 Å². The lowest BCUT2D eigenvalue weighted by molar-refractivity contribution is -0.172. The monoisotopic (exact) mass is 398 g/mol. The number of hydrogen-bond acceptors (Lipinski definition) is 4. The molecule has 158 valence electrons. The summed E-state index contributed by atoms with van der Waals surface area (Å²) in [5, 5.41) is 11.0. The number of anilines is 1. The second kappa shape index (κ2) is 7.19. The van der Waals surface area contributed by atoms with E-state index in [9.17, 15) is 9.90 Å². The van der Waals surface area contributed by atoms with Gasteiger partial charge in [0, 0.05) is 32.6 Å². The van der Waals surface area contributed by atoms with Gasteiger partial charge in [-0.2, -0.15) is 0 Å². The van der Waals surface area contributed by atoms with Gasteiger partial charge in [-0.3, -0.25) is 4.79 Å². The minimum absolute atomic E-state index is 0.0641. The molecule has 0 aromatic heterocycles. The molecule has 2 unspecified atom stereocenters. The Morgan fingerprint density at radius 1 is 1.10 bits per heavy atom. The number of amides is 1. The van der Waals surface area contributed by atoms with Crippen LogP contribution in [0.15, 0.2) is 24.3 Å². The van der Waals surface area contributed by atoms with Gasteiger partial charge >= 0.3 is 0 Å². The highest BCUT2D eigenvalue weighted by Gasteiger charge is 2.57. The number of carbonyl (C=O) groups excluding carboxylic acids is 1. The number of benzene rings is 1. The quantitative estimate of drug-likeness (QED) is 0.825. The second-order valence-corrected chi connectivity index (χ2v) is 10.1. The molecular weight excluding hydrogens is 364 g/mol. The van der Waals surface area contributed by atoms with Crippen molar-refractivity contribution in [3.63, 3.8) is 0 Å². The molecule has 1 aliphatic heterocycles. The Hall–Kier alpha value is -1.75. The Balaban J connectivity index is 1.21. The number of nitrogens with zero attached hydrogens (tertiary/aromatic N) is 2. The van der Waals surface area contributed by atoms with Crippen molar-refractivity contribution in [3.05, 3.63) is 24.3 Å². The average molecular weight is 399 g/mol. The van der Waals surface area contributed by atoms with Gasteiger partial charge in [0.05, 0.1) is 17.9 Å². The Morgan fingerprint density at radius 3 is 2.45 bits per heavy atom. The molecule has 1 aromatic carbocycles. The molecule has 4 aliphatic carbocycles. The first kappa shape index (κ1) is 19.2. The molecule has 4 saturated carbocycles. The molecule has 4 atom stereocenters. The average Bonchev–Trinajstić information content (AvgIpc) is 2.66. The van der Waals surface area contributed by atoms with Gasteiger partial charge in [-0.1, -0.05) is 12.1 Å². The van der Waals surface area contributed by atoms with E-state index < -0.39 is 5.60 Å².